The maximum Gasteiger partial charge on any atom is 0.258 e. The van der Waals surface area contributed by atoms with Crippen LogP contribution in [0.5, 0.6) is 0 Å². The molecule has 1 aromatic carbocycles. The molecule has 0 saturated carbocycles. The fraction of sp³-hybridized carbons (Fsp3) is 0.125. The Balaban J connectivity index is 2.20. The first-order valence-corrected chi connectivity index (χ1v) is 6.63. The Kier molecular flexibility index (Phi) is 3.02. The van der Waals surface area contributed by atoms with Crippen molar-refractivity contribution in [1.82, 2.24) is 10.6 Å². The summed E-state index contributed by atoms with van der Waals surface area (Å²) >= 11 is 0. The molecule has 3 rings (SSSR count). The van der Waals surface area contributed by atoms with Gasteiger partial charge in [0.05, 0.1) is 11.1 Å². The first-order valence-electron chi connectivity index (χ1n) is 6.63. The van der Waals surface area contributed by atoms with Gasteiger partial charge in [0.2, 0.25) is 0 Å². The van der Waals surface area contributed by atoms with Gasteiger partial charge in [-0.15, -0.1) is 0 Å². The molecule has 4 amide bonds. The second-order valence-electron chi connectivity index (χ2n) is 5.18. The molecule has 22 heavy (non-hydrogen) atoms. The van der Waals surface area contributed by atoms with Crippen molar-refractivity contribution in [1.29, 1.82) is 0 Å². The molecule has 0 fully saturated rings. The summed E-state index contributed by atoms with van der Waals surface area (Å²) in [5, 5.41) is 4.40. The summed E-state index contributed by atoms with van der Waals surface area (Å²) in [5.41, 5.74) is 3.18. The van der Waals surface area contributed by atoms with Gasteiger partial charge in [0.1, 0.15) is 0 Å². The number of imide groups is 2. The molecule has 2 N–H and O–H groups in total. The molecule has 6 nitrogen and oxygen atoms in total. The normalized spacial score (nSPS) is 17.4. The fourth-order valence-electron chi connectivity index (χ4n) is 2.76. The van der Waals surface area contributed by atoms with Crippen molar-refractivity contribution in [3.05, 3.63) is 46.5 Å². The Morgan fingerprint density at radius 2 is 1.32 bits per heavy atom. The molecule has 2 aliphatic rings. The SMILES string of the molecule is Cc1ccc(C2=CC(=O)NC2=O)c(C)c1C1=CC(=O)NC1=O. The maximum absolute atomic E-state index is 11.9. The van der Waals surface area contributed by atoms with E-state index in [1.54, 1.807) is 19.1 Å². The zero-order valence-electron chi connectivity index (χ0n) is 11.9. The minimum absolute atomic E-state index is 0.258. The van der Waals surface area contributed by atoms with Crippen molar-refractivity contribution >= 4 is 34.8 Å². The third-order valence-electron chi connectivity index (χ3n) is 3.75. The van der Waals surface area contributed by atoms with Gasteiger partial charge in [-0.2, -0.15) is 0 Å². The van der Waals surface area contributed by atoms with Gasteiger partial charge in [0, 0.05) is 12.2 Å². The monoisotopic (exact) mass is 296 g/mol. The fourth-order valence-corrected chi connectivity index (χ4v) is 2.76. The van der Waals surface area contributed by atoms with Crippen LogP contribution in [0, 0.1) is 13.8 Å². The van der Waals surface area contributed by atoms with E-state index in [0.29, 0.717) is 16.7 Å². The lowest BCUT2D eigenvalue weighted by molar-refractivity contribution is -0.124. The van der Waals surface area contributed by atoms with Crippen LogP contribution in [-0.2, 0) is 19.2 Å². The van der Waals surface area contributed by atoms with Crippen LogP contribution in [-0.4, -0.2) is 23.6 Å². The van der Waals surface area contributed by atoms with Gasteiger partial charge in [-0.25, -0.2) is 0 Å². The van der Waals surface area contributed by atoms with Crippen molar-refractivity contribution in [3.63, 3.8) is 0 Å². The number of nitrogens with one attached hydrogen (secondary N) is 2. The van der Waals surface area contributed by atoms with E-state index < -0.39 is 23.6 Å². The summed E-state index contributed by atoms with van der Waals surface area (Å²) in [7, 11) is 0. The average molecular weight is 296 g/mol. The number of hydrogen-bond donors (Lipinski definition) is 2. The van der Waals surface area contributed by atoms with Crippen molar-refractivity contribution in [2.75, 3.05) is 0 Å². The number of rotatable bonds is 2. The average Bonchev–Trinajstić information content (AvgIpc) is 2.92. The van der Waals surface area contributed by atoms with Crippen LogP contribution < -0.4 is 10.6 Å². The molecule has 0 atom stereocenters. The summed E-state index contributed by atoms with van der Waals surface area (Å²) in [6.07, 6.45) is 2.48. The van der Waals surface area contributed by atoms with Crippen molar-refractivity contribution < 1.29 is 19.2 Å². The number of carbonyl (C=O) groups is 4. The summed E-state index contributed by atoms with van der Waals surface area (Å²) < 4.78 is 0. The second kappa shape index (κ2) is 4.77. The third-order valence-corrected chi connectivity index (χ3v) is 3.75. The molecule has 2 aliphatic heterocycles. The summed E-state index contributed by atoms with van der Waals surface area (Å²) in [5.74, 6) is -1.86. The van der Waals surface area contributed by atoms with E-state index in [-0.39, 0.29) is 11.1 Å². The van der Waals surface area contributed by atoms with Gasteiger partial charge in [-0.1, -0.05) is 12.1 Å². The van der Waals surface area contributed by atoms with E-state index in [4.69, 9.17) is 0 Å². The highest BCUT2D eigenvalue weighted by Gasteiger charge is 2.28. The second-order valence-corrected chi connectivity index (χ2v) is 5.18. The van der Waals surface area contributed by atoms with Crippen molar-refractivity contribution in [2.45, 2.75) is 13.8 Å². The van der Waals surface area contributed by atoms with Gasteiger partial charge in [0.15, 0.2) is 0 Å². The molecule has 0 saturated heterocycles. The van der Waals surface area contributed by atoms with Crippen LogP contribution >= 0.6 is 0 Å². The smallest absolute Gasteiger partial charge is 0.258 e. The summed E-state index contributed by atoms with van der Waals surface area (Å²) in [6, 6.07) is 3.49. The molecule has 110 valence electrons. The number of benzene rings is 1. The van der Waals surface area contributed by atoms with Gasteiger partial charge in [-0.05, 0) is 36.1 Å². The van der Waals surface area contributed by atoms with Crippen LogP contribution in [0.15, 0.2) is 24.3 Å². The van der Waals surface area contributed by atoms with E-state index in [2.05, 4.69) is 10.6 Å². The predicted molar refractivity (Wildman–Crippen MR) is 78.2 cm³/mol. The van der Waals surface area contributed by atoms with Crippen LogP contribution in [0.2, 0.25) is 0 Å². The molecule has 0 bridgehead atoms. The molecule has 6 heteroatoms. The molecule has 2 heterocycles. The first-order chi connectivity index (χ1) is 10.4. The Morgan fingerprint density at radius 1 is 0.773 bits per heavy atom. The Hall–Kier alpha value is -3.02. The van der Waals surface area contributed by atoms with Crippen LogP contribution in [0.4, 0.5) is 0 Å². The lowest BCUT2D eigenvalue weighted by Crippen LogP contribution is -2.23. The van der Waals surface area contributed by atoms with E-state index in [9.17, 15) is 19.2 Å². The predicted octanol–water partition coefficient (Wildman–Crippen LogP) is 0.383. The highest BCUT2D eigenvalue weighted by atomic mass is 16.2. The highest BCUT2D eigenvalue weighted by Crippen LogP contribution is 2.31. The van der Waals surface area contributed by atoms with Gasteiger partial charge in [-0.3, -0.25) is 29.8 Å². The van der Waals surface area contributed by atoms with Gasteiger partial charge in [0.25, 0.3) is 23.6 Å². The first kappa shape index (κ1) is 13.9. The Labute approximate surface area is 125 Å². The van der Waals surface area contributed by atoms with Crippen LogP contribution in [0.25, 0.3) is 11.1 Å². The van der Waals surface area contributed by atoms with Crippen LogP contribution in [0.1, 0.15) is 22.3 Å². The van der Waals surface area contributed by atoms with Gasteiger partial charge >= 0.3 is 0 Å². The summed E-state index contributed by atoms with van der Waals surface area (Å²) in [4.78, 5) is 46.4. The van der Waals surface area contributed by atoms with Gasteiger partial charge < -0.3 is 0 Å². The lowest BCUT2D eigenvalue weighted by Gasteiger charge is -2.14. The molecule has 0 aromatic heterocycles. The lowest BCUT2D eigenvalue weighted by atomic mass is 9.89. The molecule has 1 aromatic rings. The molecule has 0 radical (unpaired) electrons. The molecule has 0 unspecified atom stereocenters. The number of aryl methyl sites for hydroxylation is 1. The van der Waals surface area contributed by atoms with Crippen LogP contribution in [0.3, 0.4) is 0 Å². The number of carbonyl (C=O) groups excluding carboxylic acids is 4. The largest absolute Gasteiger partial charge is 0.289 e. The van der Waals surface area contributed by atoms with E-state index in [1.165, 1.54) is 12.2 Å². The molecular weight excluding hydrogens is 284 g/mol. The number of amides is 4. The standard InChI is InChI=1S/C16H12N2O4/c1-7-3-4-9(10-5-12(19)17-15(10)21)8(2)14(7)11-6-13(20)18-16(11)22/h3-6H,1-2H3,(H,17,19,21)(H,18,20,22). The quantitative estimate of drug-likeness (QED) is 0.772. The van der Waals surface area contributed by atoms with Crippen molar-refractivity contribution in [3.8, 4) is 0 Å². The Morgan fingerprint density at radius 3 is 1.82 bits per heavy atom. The van der Waals surface area contributed by atoms with E-state index >= 15 is 0 Å². The Bertz CT molecular complexity index is 831. The van der Waals surface area contributed by atoms with E-state index in [0.717, 1.165) is 5.56 Å². The zero-order valence-corrected chi connectivity index (χ0v) is 11.9. The molecule has 0 aliphatic carbocycles. The third kappa shape index (κ3) is 2.05. The topological polar surface area (TPSA) is 92.3 Å². The summed E-state index contributed by atoms with van der Waals surface area (Å²) in [6.45, 7) is 3.57. The minimum atomic E-state index is -0.469. The zero-order chi connectivity index (χ0) is 16.0. The minimum Gasteiger partial charge on any atom is -0.289 e. The molecule has 0 spiro atoms. The van der Waals surface area contributed by atoms with Crippen molar-refractivity contribution in [2.24, 2.45) is 0 Å². The number of hydrogen-bond acceptors (Lipinski definition) is 4. The van der Waals surface area contributed by atoms with E-state index in [1.807, 2.05) is 6.92 Å². The molecular formula is C16H12N2O4. The highest BCUT2D eigenvalue weighted by molar-refractivity contribution is 6.35. The maximum atomic E-state index is 11.9.